The maximum atomic E-state index is 12.9. The summed E-state index contributed by atoms with van der Waals surface area (Å²) in [5, 5.41) is 0. The van der Waals surface area contributed by atoms with Crippen molar-refractivity contribution in [2.75, 3.05) is 36.0 Å². The summed E-state index contributed by atoms with van der Waals surface area (Å²) in [6.45, 7) is 5.56. The number of carbonyl (C=O) groups excluding carboxylic acids is 2. The van der Waals surface area contributed by atoms with Gasteiger partial charge in [0.15, 0.2) is 6.04 Å². The summed E-state index contributed by atoms with van der Waals surface area (Å²) >= 11 is 0. The van der Waals surface area contributed by atoms with Gasteiger partial charge in [0.2, 0.25) is 5.91 Å². The Hall–Kier alpha value is -2.66. The van der Waals surface area contributed by atoms with Crippen molar-refractivity contribution in [2.24, 2.45) is 0 Å². The number of nitrogens with zero attached hydrogens (tertiary/aromatic N) is 2. The largest absolute Gasteiger partial charge is 0.360 e. The molecule has 2 aliphatic rings. The maximum absolute atomic E-state index is 12.9. The van der Waals surface area contributed by atoms with Crippen molar-refractivity contribution >= 4 is 23.2 Å². The molecule has 0 unspecified atom stereocenters. The van der Waals surface area contributed by atoms with Gasteiger partial charge in [0, 0.05) is 5.69 Å². The monoisotopic (exact) mass is 350 g/mol. The number of amides is 2. The van der Waals surface area contributed by atoms with Gasteiger partial charge in [0.05, 0.1) is 38.3 Å². The van der Waals surface area contributed by atoms with Gasteiger partial charge >= 0.3 is 0 Å². The van der Waals surface area contributed by atoms with E-state index in [0.717, 1.165) is 31.7 Å². The van der Waals surface area contributed by atoms with E-state index in [1.165, 1.54) is 15.5 Å². The predicted octanol–water partition coefficient (Wildman–Crippen LogP) is 1.03. The lowest BCUT2D eigenvalue weighted by Crippen LogP contribution is -3.19. The van der Waals surface area contributed by atoms with E-state index in [0.29, 0.717) is 12.1 Å². The highest BCUT2D eigenvalue weighted by molar-refractivity contribution is 6.21. The molecule has 2 aliphatic heterocycles. The van der Waals surface area contributed by atoms with Crippen LogP contribution in [0.2, 0.25) is 0 Å². The molecule has 4 rings (SSSR count). The number of hydrogen-bond acceptors (Lipinski definition) is 3. The summed E-state index contributed by atoms with van der Waals surface area (Å²) in [7, 11) is 0. The van der Waals surface area contributed by atoms with Crippen LogP contribution in [0.1, 0.15) is 12.0 Å². The molecule has 2 aromatic carbocycles. The predicted molar refractivity (Wildman–Crippen MR) is 101 cm³/mol. The van der Waals surface area contributed by atoms with Crippen LogP contribution in [0.5, 0.6) is 0 Å². The van der Waals surface area contributed by atoms with Crippen LogP contribution in [0.3, 0.4) is 0 Å². The first-order valence-electron chi connectivity index (χ1n) is 9.21. The van der Waals surface area contributed by atoms with Crippen LogP contribution in [-0.2, 0) is 9.59 Å². The molecule has 0 bridgehead atoms. The number of benzene rings is 2. The molecule has 0 spiro atoms. The molecule has 0 saturated carbocycles. The Kier molecular flexibility index (Phi) is 4.47. The number of quaternary nitrogens is 1. The number of carbonyl (C=O) groups is 2. The molecule has 1 atom stereocenters. The van der Waals surface area contributed by atoms with Crippen molar-refractivity contribution in [1.29, 1.82) is 0 Å². The summed E-state index contributed by atoms with van der Waals surface area (Å²) in [5.74, 6) is -0.135. The van der Waals surface area contributed by atoms with E-state index in [1.807, 2.05) is 49.4 Å². The minimum absolute atomic E-state index is 0.0537. The summed E-state index contributed by atoms with van der Waals surface area (Å²) < 4.78 is 0. The Labute approximate surface area is 153 Å². The van der Waals surface area contributed by atoms with Crippen molar-refractivity contribution in [2.45, 2.75) is 19.4 Å². The molecule has 0 radical (unpaired) electrons. The molecule has 2 heterocycles. The third-order valence-electron chi connectivity index (χ3n) is 5.46. The number of para-hydroxylation sites is 1. The van der Waals surface area contributed by atoms with Gasteiger partial charge in [-0.1, -0.05) is 35.9 Å². The van der Waals surface area contributed by atoms with Crippen molar-refractivity contribution < 1.29 is 14.5 Å². The van der Waals surface area contributed by atoms with Crippen LogP contribution < -0.4 is 14.7 Å². The quantitative estimate of drug-likeness (QED) is 0.841. The van der Waals surface area contributed by atoms with Crippen LogP contribution in [0.15, 0.2) is 54.6 Å². The third-order valence-corrected chi connectivity index (χ3v) is 5.46. The number of hydrogen-bond donors (Lipinski definition) is 1. The zero-order valence-electron chi connectivity index (χ0n) is 15.0. The van der Waals surface area contributed by atoms with E-state index < -0.39 is 0 Å². The topological polar surface area (TPSA) is 45.1 Å². The molecule has 1 N–H and O–H groups in total. The molecule has 2 saturated heterocycles. The first-order chi connectivity index (χ1) is 12.6. The molecule has 5 heteroatoms. The molecule has 2 aromatic rings. The average Bonchev–Trinajstić information content (AvgIpc) is 2.98. The normalized spacial score (nSPS) is 21.5. The Balaban J connectivity index is 1.44. The Morgan fingerprint density at radius 2 is 1.54 bits per heavy atom. The van der Waals surface area contributed by atoms with Crippen molar-refractivity contribution in [3.63, 3.8) is 0 Å². The second-order valence-electron chi connectivity index (χ2n) is 7.14. The van der Waals surface area contributed by atoms with Crippen LogP contribution in [0, 0.1) is 6.92 Å². The van der Waals surface area contributed by atoms with Gasteiger partial charge < -0.3 is 9.80 Å². The van der Waals surface area contributed by atoms with Crippen molar-refractivity contribution in [3.8, 4) is 0 Å². The minimum Gasteiger partial charge on any atom is -0.360 e. The summed E-state index contributed by atoms with van der Waals surface area (Å²) in [4.78, 5) is 30.4. The number of imide groups is 1. The zero-order chi connectivity index (χ0) is 18.1. The zero-order valence-corrected chi connectivity index (χ0v) is 15.0. The van der Waals surface area contributed by atoms with Gasteiger partial charge in [0.1, 0.15) is 0 Å². The lowest BCUT2D eigenvalue weighted by Gasteiger charge is -2.35. The molecule has 0 aliphatic carbocycles. The van der Waals surface area contributed by atoms with E-state index in [4.69, 9.17) is 0 Å². The first-order valence-corrected chi connectivity index (χ1v) is 9.21. The van der Waals surface area contributed by atoms with Crippen LogP contribution in [-0.4, -0.2) is 44.0 Å². The number of piperazine rings is 1. The van der Waals surface area contributed by atoms with Gasteiger partial charge in [-0.2, -0.15) is 0 Å². The molecule has 2 amide bonds. The lowest BCUT2D eigenvalue weighted by atomic mass is 10.1. The molecule has 0 aromatic heterocycles. The fourth-order valence-corrected chi connectivity index (χ4v) is 3.96. The van der Waals surface area contributed by atoms with Gasteiger partial charge in [0.25, 0.3) is 5.91 Å². The molecule has 2 fully saturated rings. The maximum Gasteiger partial charge on any atom is 0.292 e. The standard InChI is InChI=1S/C21H23N3O2/c1-16-7-9-18(10-8-16)24-20(25)15-19(21(24)26)23-13-11-22(12-14-23)17-5-3-2-4-6-17/h2-10,19H,11-15H2,1H3/p+1/t19-/m0/s1. The van der Waals surface area contributed by atoms with Crippen LogP contribution in [0.4, 0.5) is 11.4 Å². The molecule has 134 valence electrons. The smallest absolute Gasteiger partial charge is 0.292 e. The first kappa shape index (κ1) is 16.8. The van der Waals surface area contributed by atoms with Gasteiger partial charge in [-0.25, -0.2) is 4.90 Å². The van der Waals surface area contributed by atoms with Gasteiger partial charge in [-0.3, -0.25) is 9.59 Å². The SMILES string of the molecule is Cc1ccc(N2C(=O)C[C@H]([NH+]3CCN(c4ccccc4)CC3)C2=O)cc1. The number of anilines is 2. The van der Waals surface area contributed by atoms with Crippen LogP contribution >= 0.6 is 0 Å². The molecular weight excluding hydrogens is 326 g/mol. The van der Waals surface area contributed by atoms with Gasteiger partial charge in [-0.15, -0.1) is 0 Å². The average molecular weight is 350 g/mol. The fourth-order valence-electron chi connectivity index (χ4n) is 3.96. The van der Waals surface area contributed by atoms with Gasteiger partial charge in [-0.05, 0) is 31.2 Å². The summed E-state index contributed by atoms with van der Waals surface area (Å²) in [5.41, 5.74) is 3.03. The second kappa shape index (κ2) is 6.92. The van der Waals surface area contributed by atoms with Crippen molar-refractivity contribution in [1.82, 2.24) is 0 Å². The van der Waals surface area contributed by atoms with E-state index in [1.54, 1.807) is 0 Å². The molecular formula is C21H24N3O2+. The highest BCUT2D eigenvalue weighted by Gasteiger charge is 2.46. The van der Waals surface area contributed by atoms with Crippen molar-refractivity contribution in [3.05, 3.63) is 60.2 Å². The highest BCUT2D eigenvalue weighted by atomic mass is 16.2. The molecule has 5 nitrogen and oxygen atoms in total. The van der Waals surface area contributed by atoms with E-state index in [-0.39, 0.29) is 17.9 Å². The minimum atomic E-state index is -0.248. The summed E-state index contributed by atoms with van der Waals surface area (Å²) in [6, 6.07) is 17.7. The van der Waals surface area contributed by atoms with E-state index in [9.17, 15) is 9.59 Å². The Morgan fingerprint density at radius 3 is 2.19 bits per heavy atom. The highest BCUT2D eigenvalue weighted by Crippen LogP contribution is 2.22. The number of nitrogens with one attached hydrogen (secondary N) is 1. The lowest BCUT2D eigenvalue weighted by molar-refractivity contribution is -0.915. The van der Waals surface area contributed by atoms with E-state index in [2.05, 4.69) is 17.0 Å². The summed E-state index contributed by atoms with van der Waals surface area (Å²) in [6.07, 6.45) is 0.313. The Bertz CT molecular complexity index is 796. The number of rotatable bonds is 3. The second-order valence-corrected chi connectivity index (χ2v) is 7.14. The molecule has 26 heavy (non-hydrogen) atoms. The van der Waals surface area contributed by atoms with E-state index >= 15 is 0 Å². The Morgan fingerprint density at radius 1 is 0.885 bits per heavy atom. The number of aryl methyl sites for hydroxylation is 1. The third kappa shape index (κ3) is 3.10. The fraction of sp³-hybridized carbons (Fsp3) is 0.333. The van der Waals surface area contributed by atoms with Crippen LogP contribution in [0.25, 0.3) is 0 Å².